The highest BCUT2D eigenvalue weighted by atomic mass is 16.5. The zero-order valence-electron chi connectivity index (χ0n) is 17.1. The molecule has 0 fully saturated rings. The molecule has 5 rings (SSSR count). The number of carbonyl (C=O) groups is 2. The quantitative estimate of drug-likeness (QED) is 0.669. The molecule has 2 aliphatic rings. The van der Waals surface area contributed by atoms with Gasteiger partial charge < -0.3 is 15.4 Å². The Morgan fingerprint density at radius 2 is 1.90 bits per heavy atom. The number of anilines is 2. The van der Waals surface area contributed by atoms with Gasteiger partial charge in [0.25, 0.3) is 5.91 Å². The summed E-state index contributed by atoms with van der Waals surface area (Å²) in [4.78, 5) is 25.9. The molecule has 156 valence electrons. The van der Waals surface area contributed by atoms with Crippen molar-refractivity contribution in [2.45, 2.75) is 25.3 Å². The Kier molecular flexibility index (Phi) is 4.78. The fourth-order valence-corrected chi connectivity index (χ4v) is 4.24. The first-order chi connectivity index (χ1) is 15.2. The molecule has 0 bridgehead atoms. The molecule has 0 spiro atoms. The van der Waals surface area contributed by atoms with Crippen molar-refractivity contribution in [3.8, 4) is 5.75 Å². The van der Waals surface area contributed by atoms with Crippen molar-refractivity contribution < 1.29 is 14.3 Å². The first-order valence-electron chi connectivity index (χ1n) is 10.3. The summed E-state index contributed by atoms with van der Waals surface area (Å²) in [6, 6.07) is 16.5. The van der Waals surface area contributed by atoms with Gasteiger partial charge in [-0.1, -0.05) is 30.3 Å². The third-order valence-corrected chi connectivity index (χ3v) is 5.75. The number of nitrogens with zero attached hydrogens (tertiary/aromatic N) is 2. The molecule has 3 aromatic rings. The zero-order valence-corrected chi connectivity index (χ0v) is 17.1. The molecule has 1 unspecified atom stereocenters. The molecule has 31 heavy (non-hydrogen) atoms. The standard InChI is InChI=1S/C24H22N4O3/c1-31-17-12-10-15(11-13-17)22-21-19(8-5-9-20(21)29)27-23-18(14-25-28(22)23)24(30)26-16-6-3-2-4-7-16/h2-4,6-7,10-14,22,27H,5,8-9H2,1H3,(H,26,30). The van der Waals surface area contributed by atoms with Crippen molar-refractivity contribution in [2.24, 2.45) is 0 Å². The predicted molar refractivity (Wildman–Crippen MR) is 117 cm³/mol. The maximum Gasteiger partial charge on any atom is 0.261 e. The van der Waals surface area contributed by atoms with E-state index in [4.69, 9.17) is 4.74 Å². The van der Waals surface area contributed by atoms with E-state index in [1.165, 1.54) is 0 Å². The summed E-state index contributed by atoms with van der Waals surface area (Å²) >= 11 is 0. The Labute approximate surface area is 179 Å². The number of ketones is 1. The number of fused-ring (bicyclic) bond motifs is 1. The minimum atomic E-state index is -0.386. The van der Waals surface area contributed by atoms with E-state index in [1.54, 1.807) is 18.0 Å². The average molecular weight is 414 g/mol. The molecule has 7 nitrogen and oxygen atoms in total. The number of carbonyl (C=O) groups excluding carboxylic acids is 2. The number of hydrogen-bond donors (Lipinski definition) is 2. The summed E-state index contributed by atoms with van der Waals surface area (Å²) in [5.41, 5.74) is 3.67. The van der Waals surface area contributed by atoms with Crippen molar-refractivity contribution in [1.29, 1.82) is 0 Å². The maximum absolute atomic E-state index is 13.0. The number of methoxy groups -OCH3 is 1. The number of amides is 1. The van der Waals surface area contributed by atoms with Crippen molar-refractivity contribution in [1.82, 2.24) is 9.78 Å². The summed E-state index contributed by atoms with van der Waals surface area (Å²) in [5.74, 6) is 1.21. The van der Waals surface area contributed by atoms with Crippen molar-refractivity contribution >= 4 is 23.2 Å². The lowest BCUT2D eigenvalue weighted by molar-refractivity contribution is -0.116. The monoisotopic (exact) mass is 414 g/mol. The molecule has 2 N–H and O–H groups in total. The second-order valence-electron chi connectivity index (χ2n) is 7.64. The summed E-state index contributed by atoms with van der Waals surface area (Å²) in [6.07, 6.45) is 3.63. The SMILES string of the molecule is COc1ccc(C2C3=C(CCCC3=O)Nc3c(C(=O)Nc4ccccc4)cnn32)cc1. The number of hydrogen-bond acceptors (Lipinski definition) is 5. The highest BCUT2D eigenvalue weighted by molar-refractivity contribution is 6.08. The Bertz CT molecular complexity index is 1180. The van der Waals surface area contributed by atoms with Gasteiger partial charge in [-0.2, -0.15) is 5.10 Å². The number of nitrogens with one attached hydrogen (secondary N) is 2. The van der Waals surface area contributed by atoms with E-state index >= 15 is 0 Å². The molecular weight excluding hydrogens is 392 g/mol. The molecule has 1 aromatic heterocycles. The number of ether oxygens (including phenoxy) is 1. The Balaban J connectivity index is 1.57. The van der Waals surface area contributed by atoms with Gasteiger partial charge in [-0.3, -0.25) is 9.59 Å². The van der Waals surface area contributed by atoms with Crippen LogP contribution in [-0.2, 0) is 4.79 Å². The highest BCUT2D eigenvalue weighted by Crippen LogP contribution is 2.41. The minimum Gasteiger partial charge on any atom is -0.497 e. The number of rotatable bonds is 4. The zero-order chi connectivity index (χ0) is 21.4. The van der Waals surface area contributed by atoms with Crippen LogP contribution in [-0.4, -0.2) is 28.6 Å². The Morgan fingerprint density at radius 1 is 1.13 bits per heavy atom. The van der Waals surface area contributed by atoms with E-state index in [2.05, 4.69) is 15.7 Å². The van der Waals surface area contributed by atoms with Crippen LogP contribution in [0.15, 0.2) is 72.1 Å². The van der Waals surface area contributed by atoms with Crippen molar-refractivity contribution in [2.75, 3.05) is 17.7 Å². The summed E-state index contributed by atoms with van der Waals surface area (Å²) < 4.78 is 7.02. The molecule has 2 heterocycles. The number of allylic oxidation sites excluding steroid dienone is 2. The van der Waals surface area contributed by atoms with Crippen LogP contribution < -0.4 is 15.4 Å². The molecule has 0 radical (unpaired) electrons. The van der Waals surface area contributed by atoms with E-state index in [0.717, 1.165) is 35.4 Å². The molecule has 1 aliphatic heterocycles. The first kappa shape index (κ1) is 19.1. The van der Waals surface area contributed by atoms with E-state index in [1.807, 2.05) is 54.6 Å². The molecular formula is C24H22N4O3. The molecule has 1 atom stereocenters. The van der Waals surface area contributed by atoms with Crippen LogP contribution in [0.2, 0.25) is 0 Å². The minimum absolute atomic E-state index is 0.117. The van der Waals surface area contributed by atoms with Crippen LogP contribution in [0, 0.1) is 0 Å². The van der Waals surface area contributed by atoms with E-state index < -0.39 is 0 Å². The number of Topliss-reactive ketones (excluding diaryl/α,β-unsaturated/α-hetero) is 1. The fraction of sp³-hybridized carbons (Fsp3) is 0.208. The van der Waals surface area contributed by atoms with Gasteiger partial charge in [0.1, 0.15) is 23.2 Å². The van der Waals surface area contributed by atoms with E-state index in [-0.39, 0.29) is 17.7 Å². The smallest absolute Gasteiger partial charge is 0.261 e. The summed E-state index contributed by atoms with van der Waals surface area (Å²) in [5, 5.41) is 10.8. The fourth-order valence-electron chi connectivity index (χ4n) is 4.24. The number of para-hydroxylation sites is 1. The third kappa shape index (κ3) is 3.38. The first-order valence-corrected chi connectivity index (χ1v) is 10.3. The predicted octanol–water partition coefficient (Wildman–Crippen LogP) is 4.17. The van der Waals surface area contributed by atoms with Crippen LogP contribution >= 0.6 is 0 Å². The third-order valence-electron chi connectivity index (χ3n) is 5.75. The van der Waals surface area contributed by atoms with E-state index in [0.29, 0.717) is 23.5 Å². The molecule has 0 saturated heterocycles. The van der Waals surface area contributed by atoms with E-state index in [9.17, 15) is 9.59 Å². The number of benzene rings is 2. The lowest BCUT2D eigenvalue weighted by Crippen LogP contribution is -2.32. The lowest BCUT2D eigenvalue weighted by atomic mass is 9.85. The van der Waals surface area contributed by atoms with Crippen LogP contribution in [0.1, 0.15) is 41.2 Å². The highest BCUT2D eigenvalue weighted by Gasteiger charge is 2.37. The van der Waals surface area contributed by atoms with Gasteiger partial charge in [0.05, 0.1) is 13.3 Å². The molecule has 0 saturated carbocycles. The Morgan fingerprint density at radius 3 is 2.65 bits per heavy atom. The lowest BCUT2D eigenvalue weighted by Gasteiger charge is -2.33. The molecule has 7 heteroatoms. The van der Waals surface area contributed by atoms with Crippen LogP contribution in [0.4, 0.5) is 11.5 Å². The average Bonchev–Trinajstić information content (AvgIpc) is 3.22. The van der Waals surface area contributed by atoms with Crippen LogP contribution in [0.3, 0.4) is 0 Å². The van der Waals surface area contributed by atoms with Gasteiger partial charge in [0.15, 0.2) is 5.78 Å². The van der Waals surface area contributed by atoms with Gasteiger partial charge >= 0.3 is 0 Å². The Hall–Kier alpha value is -3.87. The summed E-state index contributed by atoms with van der Waals surface area (Å²) in [7, 11) is 1.62. The van der Waals surface area contributed by atoms with Crippen LogP contribution in [0.5, 0.6) is 5.75 Å². The molecule has 1 amide bonds. The second kappa shape index (κ2) is 7.75. The largest absolute Gasteiger partial charge is 0.497 e. The van der Waals surface area contributed by atoms with Gasteiger partial charge in [0.2, 0.25) is 0 Å². The van der Waals surface area contributed by atoms with Gasteiger partial charge in [-0.05, 0) is 42.7 Å². The van der Waals surface area contributed by atoms with Gasteiger partial charge in [-0.15, -0.1) is 0 Å². The topological polar surface area (TPSA) is 85.2 Å². The normalized spacial score (nSPS) is 17.5. The molecule has 1 aliphatic carbocycles. The van der Waals surface area contributed by atoms with Crippen LogP contribution in [0.25, 0.3) is 0 Å². The van der Waals surface area contributed by atoms with Crippen molar-refractivity contribution in [3.63, 3.8) is 0 Å². The van der Waals surface area contributed by atoms with Gasteiger partial charge in [0, 0.05) is 23.4 Å². The molecule has 2 aromatic carbocycles. The van der Waals surface area contributed by atoms with Crippen molar-refractivity contribution in [3.05, 3.63) is 83.2 Å². The second-order valence-corrected chi connectivity index (χ2v) is 7.64. The number of aromatic nitrogens is 2. The summed E-state index contributed by atoms with van der Waals surface area (Å²) in [6.45, 7) is 0. The maximum atomic E-state index is 13.0. The van der Waals surface area contributed by atoms with Gasteiger partial charge in [-0.25, -0.2) is 4.68 Å².